The molecule has 0 aromatic heterocycles. The number of hydrogen-bond donors (Lipinski definition) is 1. The largest absolute Gasteiger partial charge is 0.305 e. The smallest absolute Gasteiger partial charge is 0.114 e. The van der Waals surface area contributed by atoms with Crippen LogP contribution >= 0.6 is 11.8 Å². The van der Waals surface area contributed by atoms with E-state index in [1.807, 2.05) is 18.7 Å². The molecule has 48 valence electrons. The van der Waals surface area contributed by atoms with Crippen molar-refractivity contribution in [2.45, 2.75) is 11.9 Å². The Kier molecular flexibility index (Phi) is 1.52. The van der Waals surface area contributed by atoms with E-state index in [2.05, 4.69) is 11.9 Å². The second-order valence-electron chi connectivity index (χ2n) is 2.32. The van der Waals surface area contributed by atoms with Gasteiger partial charge in [0.05, 0.1) is 0 Å². The lowest BCUT2D eigenvalue weighted by Crippen LogP contribution is -2.44. The molecule has 0 amide bonds. The zero-order chi connectivity index (χ0) is 6.20. The van der Waals surface area contributed by atoms with Crippen LogP contribution in [-0.4, -0.2) is 29.2 Å². The van der Waals surface area contributed by atoms with Crippen molar-refractivity contribution in [1.82, 2.24) is 4.90 Å². The SMILES string of the molecule is CN1CCSC1(C)N. The number of nitrogens with zero attached hydrogens (tertiary/aromatic N) is 1. The first-order valence-corrected chi connectivity index (χ1v) is 3.75. The summed E-state index contributed by atoms with van der Waals surface area (Å²) in [7, 11) is 2.06. The van der Waals surface area contributed by atoms with Crippen LogP contribution in [0, 0.1) is 0 Å². The van der Waals surface area contributed by atoms with Crippen LogP contribution in [0.15, 0.2) is 0 Å². The molecular weight excluding hydrogens is 120 g/mol. The molecule has 1 fully saturated rings. The number of hydrogen-bond acceptors (Lipinski definition) is 3. The van der Waals surface area contributed by atoms with Gasteiger partial charge in [-0.2, -0.15) is 0 Å². The fourth-order valence-electron chi connectivity index (χ4n) is 0.721. The molecule has 1 atom stereocenters. The molecule has 0 bridgehead atoms. The van der Waals surface area contributed by atoms with Gasteiger partial charge in [0.2, 0.25) is 0 Å². The highest BCUT2D eigenvalue weighted by atomic mass is 32.2. The highest BCUT2D eigenvalue weighted by molar-refractivity contribution is 8.00. The van der Waals surface area contributed by atoms with Gasteiger partial charge in [-0.05, 0) is 14.0 Å². The standard InChI is InChI=1S/C5H12N2S/c1-5(6)7(2)3-4-8-5/h3-4,6H2,1-2H3. The predicted molar refractivity (Wildman–Crippen MR) is 37.7 cm³/mol. The van der Waals surface area contributed by atoms with Crippen LogP contribution in [0.25, 0.3) is 0 Å². The van der Waals surface area contributed by atoms with E-state index in [0.29, 0.717) is 0 Å². The predicted octanol–water partition coefficient (Wildman–Crippen LogP) is 0.297. The molecule has 0 aromatic carbocycles. The first kappa shape index (κ1) is 6.39. The average Bonchev–Trinajstić information content (AvgIpc) is 1.86. The Morgan fingerprint density at radius 1 is 1.75 bits per heavy atom. The summed E-state index contributed by atoms with van der Waals surface area (Å²) < 4.78 is 0. The van der Waals surface area contributed by atoms with E-state index in [9.17, 15) is 0 Å². The zero-order valence-corrected chi connectivity index (χ0v) is 6.16. The molecule has 0 aromatic rings. The third-order valence-electron chi connectivity index (χ3n) is 1.58. The molecule has 3 heteroatoms. The summed E-state index contributed by atoms with van der Waals surface area (Å²) in [5, 5.41) is 0. The van der Waals surface area contributed by atoms with Crippen LogP contribution in [-0.2, 0) is 0 Å². The molecule has 1 heterocycles. The van der Waals surface area contributed by atoms with Crippen molar-refractivity contribution in [3.63, 3.8) is 0 Å². The summed E-state index contributed by atoms with van der Waals surface area (Å²) in [6.45, 7) is 3.17. The molecule has 1 rings (SSSR count). The summed E-state index contributed by atoms with van der Waals surface area (Å²) in [6, 6.07) is 0. The first-order chi connectivity index (χ1) is 3.63. The van der Waals surface area contributed by atoms with Gasteiger partial charge >= 0.3 is 0 Å². The summed E-state index contributed by atoms with van der Waals surface area (Å²) in [4.78, 5) is 2.07. The summed E-state index contributed by atoms with van der Waals surface area (Å²) >= 11 is 1.81. The Bertz CT molecular complexity index is 92.4. The van der Waals surface area contributed by atoms with E-state index < -0.39 is 0 Å². The second kappa shape index (κ2) is 1.90. The highest BCUT2D eigenvalue weighted by Gasteiger charge is 2.29. The van der Waals surface area contributed by atoms with E-state index in [0.717, 1.165) is 6.54 Å². The zero-order valence-electron chi connectivity index (χ0n) is 5.35. The van der Waals surface area contributed by atoms with Crippen molar-refractivity contribution in [2.24, 2.45) is 5.73 Å². The third kappa shape index (κ3) is 0.989. The van der Waals surface area contributed by atoms with Crippen molar-refractivity contribution in [3.05, 3.63) is 0 Å². The van der Waals surface area contributed by atoms with Crippen molar-refractivity contribution in [2.75, 3.05) is 19.3 Å². The van der Waals surface area contributed by atoms with Crippen LogP contribution in [0.5, 0.6) is 0 Å². The molecule has 8 heavy (non-hydrogen) atoms. The maximum atomic E-state index is 5.81. The Hall–Kier alpha value is 0.270. The van der Waals surface area contributed by atoms with Crippen molar-refractivity contribution in [3.8, 4) is 0 Å². The van der Waals surface area contributed by atoms with Crippen molar-refractivity contribution < 1.29 is 0 Å². The minimum Gasteiger partial charge on any atom is -0.305 e. The van der Waals surface area contributed by atoms with Gasteiger partial charge in [-0.15, -0.1) is 11.8 Å². The second-order valence-corrected chi connectivity index (χ2v) is 3.85. The van der Waals surface area contributed by atoms with Gasteiger partial charge in [-0.3, -0.25) is 4.90 Å². The number of rotatable bonds is 0. The molecule has 1 unspecified atom stereocenters. The normalized spacial score (nSPS) is 40.9. The fourth-order valence-corrected chi connectivity index (χ4v) is 1.81. The van der Waals surface area contributed by atoms with Gasteiger partial charge in [0.15, 0.2) is 0 Å². The number of nitrogens with two attached hydrogens (primary N) is 1. The minimum atomic E-state index is -0.0972. The Morgan fingerprint density at radius 2 is 2.38 bits per heavy atom. The molecule has 0 radical (unpaired) electrons. The Labute approximate surface area is 54.4 Å². The lowest BCUT2D eigenvalue weighted by Gasteiger charge is -2.25. The van der Waals surface area contributed by atoms with Gasteiger partial charge in [0.1, 0.15) is 4.99 Å². The molecular formula is C5H12N2S. The molecule has 2 N–H and O–H groups in total. The van der Waals surface area contributed by atoms with Crippen molar-refractivity contribution in [1.29, 1.82) is 0 Å². The molecule has 0 saturated carbocycles. The molecule has 1 saturated heterocycles. The van der Waals surface area contributed by atoms with Gasteiger partial charge in [-0.1, -0.05) is 0 Å². The van der Waals surface area contributed by atoms with E-state index in [1.165, 1.54) is 5.75 Å². The van der Waals surface area contributed by atoms with Crippen LogP contribution < -0.4 is 5.73 Å². The molecule has 2 nitrogen and oxygen atoms in total. The van der Waals surface area contributed by atoms with Crippen molar-refractivity contribution >= 4 is 11.8 Å². The molecule has 1 aliphatic heterocycles. The highest BCUT2D eigenvalue weighted by Crippen LogP contribution is 2.27. The van der Waals surface area contributed by atoms with E-state index in [4.69, 9.17) is 5.73 Å². The van der Waals surface area contributed by atoms with E-state index >= 15 is 0 Å². The topological polar surface area (TPSA) is 29.3 Å². The van der Waals surface area contributed by atoms with Gasteiger partial charge in [-0.25, -0.2) is 0 Å². The Balaban J connectivity index is 2.54. The monoisotopic (exact) mass is 132 g/mol. The molecule has 1 aliphatic rings. The first-order valence-electron chi connectivity index (χ1n) is 2.77. The maximum Gasteiger partial charge on any atom is 0.114 e. The minimum absolute atomic E-state index is 0.0972. The summed E-state index contributed by atoms with van der Waals surface area (Å²) in [6.07, 6.45) is 0. The van der Waals surface area contributed by atoms with Crippen LogP contribution in [0.4, 0.5) is 0 Å². The van der Waals surface area contributed by atoms with Gasteiger partial charge in [0, 0.05) is 12.3 Å². The quantitative estimate of drug-likeness (QED) is 0.514. The number of thioether (sulfide) groups is 1. The van der Waals surface area contributed by atoms with E-state index in [1.54, 1.807) is 0 Å². The summed E-state index contributed by atoms with van der Waals surface area (Å²) in [5.41, 5.74) is 5.81. The van der Waals surface area contributed by atoms with Crippen LogP contribution in [0.2, 0.25) is 0 Å². The lowest BCUT2D eigenvalue weighted by molar-refractivity contribution is 0.266. The van der Waals surface area contributed by atoms with E-state index in [-0.39, 0.29) is 4.99 Å². The molecule has 0 spiro atoms. The summed E-state index contributed by atoms with van der Waals surface area (Å²) in [5.74, 6) is 1.17. The third-order valence-corrected chi connectivity index (χ3v) is 2.86. The Morgan fingerprint density at radius 3 is 2.50 bits per heavy atom. The molecule has 0 aliphatic carbocycles. The maximum absolute atomic E-state index is 5.81. The van der Waals surface area contributed by atoms with Crippen LogP contribution in [0.1, 0.15) is 6.92 Å². The van der Waals surface area contributed by atoms with Gasteiger partial charge in [0.25, 0.3) is 0 Å². The fraction of sp³-hybridized carbons (Fsp3) is 1.00. The van der Waals surface area contributed by atoms with Gasteiger partial charge < -0.3 is 5.73 Å². The average molecular weight is 132 g/mol. The lowest BCUT2D eigenvalue weighted by atomic mass is 10.5. The van der Waals surface area contributed by atoms with Crippen LogP contribution in [0.3, 0.4) is 0 Å².